The fourth-order valence-electron chi connectivity index (χ4n) is 2.60. The fraction of sp³-hybridized carbons (Fsp3) is 0.533. The third-order valence-electron chi connectivity index (χ3n) is 3.55. The van der Waals surface area contributed by atoms with Gasteiger partial charge in [0.1, 0.15) is 0 Å². The van der Waals surface area contributed by atoms with Crippen molar-refractivity contribution in [3.63, 3.8) is 0 Å². The van der Waals surface area contributed by atoms with Crippen LogP contribution in [0.15, 0.2) is 24.3 Å². The van der Waals surface area contributed by atoms with Crippen LogP contribution >= 0.6 is 0 Å². The highest BCUT2D eigenvalue weighted by Crippen LogP contribution is 2.15. The average molecular weight is 261 g/mol. The standard InChI is InChI=1S/C15H23N3O/c1-2-15(19)17-14-7-4-8-18(11-14)10-12-5-3-6-13(16)9-12/h3,5-6,9,14H,2,4,7-8,10-11,16H2,1H3,(H,17,19). The van der Waals surface area contributed by atoms with Crippen molar-refractivity contribution in [3.05, 3.63) is 29.8 Å². The Morgan fingerprint density at radius 3 is 3.11 bits per heavy atom. The SMILES string of the molecule is CCC(=O)NC1CCCN(Cc2cccc(N)c2)C1. The van der Waals surface area contributed by atoms with Crippen LogP contribution in [0.4, 0.5) is 5.69 Å². The Labute approximate surface area is 115 Å². The van der Waals surface area contributed by atoms with Gasteiger partial charge in [0.05, 0.1) is 0 Å². The zero-order valence-electron chi connectivity index (χ0n) is 11.6. The van der Waals surface area contributed by atoms with Crippen LogP contribution in [0.1, 0.15) is 31.7 Å². The molecular weight excluding hydrogens is 238 g/mol. The lowest BCUT2D eigenvalue weighted by Crippen LogP contribution is -2.47. The quantitative estimate of drug-likeness (QED) is 0.812. The van der Waals surface area contributed by atoms with Crippen molar-refractivity contribution in [3.8, 4) is 0 Å². The highest BCUT2D eigenvalue weighted by molar-refractivity contribution is 5.75. The predicted octanol–water partition coefficient (Wildman–Crippen LogP) is 1.76. The minimum Gasteiger partial charge on any atom is -0.399 e. The summed E-state index contributed by atoms with van der Waals surface area (Å²) in [7, 11) is 0. The molecule has 3 N–H and O–H groups in total. The average Bonchev–Trinajstić information content (AvgIpc) is 2.39. The van der Waals surface area contributed by atoms with Gasteiger partial charge in [0, 0.05) is 31.2 Å². The van der Waals surface area contributed by atoms with Crippen LogP contribution in [0.2, 0.25) is 0 Å². The summed E-state index contributed by atoms with van der Waals surface area (Å²) < 4.78 is 0. The molecule has 1 heterocycles. The predicted molar refractivity (Wildman–Crippen MR) is 77.6 cm³/mol. The second-order valence-corrected chi connectivity index (χ2v) is 5.24. The molecule has 104 valence electrons. The van der Waals surface area contributed by atoms with Crippen molar-refractivity contribution in [1.29, 1.82) is 0 Å². The molecule has 0 aliphatic carbocycles. The number of piperidine rings is 1. The van der Waals surface area contributed by atoms with E-state index in [4.69, 9.17) is 5.73 Å². The summed E-state index contributed by atoms with van der Waals surface area (Å²) in [6, 6.07) is 8.32. The number of nitrogens with two attached hydrogens (primary N) is 1. The molecule has 0 spiro atoms. The lowest BCUT2D eigenvalue weighted by atomic mass is 10.0. The van der Waals surface area contributed by atoms with Crippen molar-refractivity contribution in [2.24, 2.45) is 0 Å². The van der Waals surface area contributed by atoms with E-state index in [1.165, 1.54) is 5.56 Å². The molecule has 1 unspecified atom stereocenters. The van der Waals surface area contributed by atoms with E-state index in [0.29, 0.717) is 12.5 Å². The summed E-state index contributed by atoms with van der Waals surface area (Å²) >= 11 is 0. The Morgan fingerprint density at radius 2 is 2.37 bits per heavy atom. The summed E-state index contributed by atoms with van der Waals surface area (Å²) in [5.41, 5.74) is 7.85. The molecule has 1 aromatic rings. The van der Waals surface area contributed by atoms with Gasteiger partial charge in [-0.25, -0.2) is 0 Å². The van der Waals surface area contributed by atoms with Crippen LogP contribution in [0.3, 0.4) is 0 Å². The fourth-order valence-corrected chi connectivity index (χ4v) is 2.60. The summed E-state index contributed by atoms with van der Waals surface area (Å²) in [6.45, 7) is 4.82. The van der Waals surface area contributed by atoms with Gasteiger partial charge in [-0.1, -0.05) is 19.1 Å². The maximum Gasteiger partial charge on any atom is 0.219 e. The summed E-state index contributed by atoms with van der Waals surface area (Å²) in [6.07, 6.45) is 2.78. The van der Waals surface area contributed by atoms with E-state index < -0.39 is 0 Å². The summed E-state index contributed by atoms with van der Waals surface area (Å²) in [5, 5.41) is 3.09. The second-order valence-electron chi connectivity index (χ2n) is 5.24. The second kappa shape index (κ2) is 6.57. The lowest BCUT2D eigenvalue weighted by molar-refractivity contribution is -0.121. The molecule has 0 bridgehead atoms. The van der Waals surface area contributed by atoms with Gasteiger partial charge in [0.2, 0.25) is 5.91 Å². The van der Waals surface area contributed by atoms with Crippen LogP contribution in [-0.2, 0) is 11.3 Å². The van der Waals surface area contributed by atoms with E-state index in [0.717, 1.165) is 38.2 Å². The Balaban J connectivity index is 1.89. The lowest BCUT2D eigenvalue weighted by Gasteiger charge is -2.33. The van der Waals surface area contributed by atoms with Crippen molar-refractivity contribution >= 4 is 11.6 Å². The summed E-state index contributed by atoms with van der Waals surface area (Å²) in [4.78, 5) is 13.8. The summed E-state index contributed by atoms with van der Waals surface area (Å²) in [5.74, 6) is 0.149. The molecule has 1 amide bonds. The number of rotatable bonds is 4. The number of nitrogens with zero attached hydrogens (tertiary/aromatic N) is 1. The van der Waals surface area contributed by atoms with Gasteiger partial charge in [-0.05, 0) is 37.1 Å². The minimum absolute atomic E-state index is 0.149. The van der Waals surface area contributed by atoms with Gasteiger partial charge in [0.25, 0.3) is 0 Å². The maximum atomic E-state index is 11.4. The Kier molecular flexibility index (Phi) is 4.80. The van der Waals surface area contributed by atoms with Crippen LogP contribution in [0.25, 0.3) is 0 Å². The van der Waals surface area contributed by atoms with E-state index in [9.17, 15) is 4.79 Å². The zero-order valence-corrected chi connectivity index (χ0v) is 11.6. The van der Waals surface area contributed by atoms with Gasteiger partial charge in [0.15, 0.2) is 0 Å². The van der Waals surface area contributed by atoms with Crippen LogP contribution < -0.4 is 11.1 Å². The number of amides is 1. The molecule has 0 saturated carbocycles. The smallest absolute Gasteiger partial charge is 0.219 e. The first-order valence-corrected chi connectivity index (χ1v) is 7.03. The van der Waals surface area contributed by atoms with Gasteiger partial charge >= 0.3 is 0 Å². The van der Waals surface area contributed by atoms with E-state index in [1.54, 1.807) is 0 Å². The number of nitrogens with one attached hydrogen (secondary N) is 1. The number of hydrogen-bond acceptors (Lipinski definition) is 3. The van der Waals surface area contributed by atoms with Gasteiger partial charge in [-0.2, -0.15) is 0 Å². The highest BCUT2D eigenvalue weighted by Gasteiger charge is 2.20. The van der Waals surface area contributed by atoms with Gasteiger partial charge < -0.3 is 11.1 Å². The van der Waals surface area contributed by atoms with E-state index in [2.05, 4.69) is 16.3 Å². The topological polar surface area (TPSA) is 58.4 Å². The number of anilines is 1. The normalized spacial score (nSPS) is 20.2. The molecule has 4 heteroatoms. The number of carbonyl (C=O) groups is 1. The van der Waals surface area contributed by atoms with Crippen LogP contribution in [0.5, 0.6) is 0 Å². The molecule has 1 aromatic carbocycles. The van der Waals surface area contributed by atoms with E-state index in [1.807, 2.05) is 25.1 Å². The van der Waals surface area contributed by atoms with Crippen molar-refractivity contribution < 1.29 is 4.79 Å². The van der Waals surface area contributed by atoms with Gasteiger partial charge in [-0.3, -0.25) is 9.69 Å². The number of benzene rings is 1. The van der Waals surface area contributed by atoms with Gasteiger partial charge in [-0.15, -0.1) is 0 Å². The minimum atomic E-state index is 0.149. The molecule has 1 fully saturated rings. The van der Waals surface area contributed by atoms with Crippen LogP contribution in [-0.4, -0.2) is 29.9 Å². The van der Waals surface area contributed by atoms with Crippen molar-refractivity contribution in [1.82, 2.24) is 10.2 Å². The Bertz CT molecular complexity index is 433. The molecule has 4 nitrogen and oxygen atoms in total. The van der Waals surface area contributed by atoms with Crippen molar-refractivity contribution in [2.75, 3.05) is 18.8 Å². The van der Waals surface area contributed by atoms with Crippen LogP contribution in [0, 0.1) is 0 Å². The first kappa shape index (κ1) is 13.9. The third-order valence-corrected chi connectivity index (χ3v) is 3.55. The molecule has 2 rings (SSSR count). The Hall–Kier alpha value is -1.55. The Morgan fingerprint density at radius 1 is 1.53 bits per heavy atom. The van der Waals surface area contributed by atoms with Crippen molar-refractivity contribution in [2.45, 2.75) is 38.8 Å². The zero-order chi connectivity index (χ0) is 13.7. The number of likely N-dealkylation sites (tertiary alicyclic amines) is 1. The molecule has 19 heavy (non-hydrogen) atoms. The number of hydrogen-bond donors (Lipinski definition) is 2. The highest BCUT2D eigenvalue weighted by atomic mass is 16.1. The molecule has 0 aromatic heterocycles. The first-order valence-electron chi connectivity index (χ1n) is 7.03. The number of nitrogen functional groups attached to an aromatic ring is 1. The molecule has 1 saturated heterocycles. The molecular formula is C15H23N3O. The number of carbonyl (C=O) groups excluding carboxylic acids is 1. The van der Waals surface area contributed by atoms with E-state index in [-0.39, 0.29) is 5.91 Å². The first-order chi connectivity index (χ1) is 9.17. The monoisotopic (exact) mass is 261 g/mol. The third kappa shape index (κ3) is 4.24. The molecule has 0 radical (unpaired) electrons. The molecule has 1 aliphatic rings. The molecule has 1 aliphatic heterocycles. The van der Waals surface area contributed by atoms with E-state index >= 15 is 0 Å². The largest absolute Gasteiger partial charge is 0.399 e. The molecule has 1 atom stereocenters. The maximum absolute atomic E-state index is 11.4.